The maximum Gasteiger partial charge on any atom is 0.0414 e. The smallest absolute Gasteiger partial charge is 0.0414 e. The van der Waals surface area contributed by atoms with E-state index < -0.39 is 0 Å². The lowest BCUT2D eigenvalue weighted by atomic mass is 10.1. The highest BCUT2D eigenvalue weighted by molar-refractivity contribution is 6.17. The Morgan fingerprint density at radius 1 is 1.80 bits per heavy atom. The van der Waals surface area contributed by atoms with Crippen molar-refractivity contribution in [1.29, 1.82) is 0 Å². The lowest BCUT2D eigenvalue weighted by Gasteiger charge is -2.14. The molecule has 0 amide bonds. The summed E-state index contributed by atoms with van der Waals surface area (Å²) in [6, 6.07) is 0.221. The van der Waals surface area contributed by atoms with E-state index in [9.17, 15) is 0 Å². The van der Waals surface area contributed by atoms with Crippen molar-refractivity contribution < 1.29 is 0 Å². The summed E-state index contributed by atoms with van der Waals surface area (Å²) in [4.78, 5) is 0. The van der Waals surface area contributed by atoms with Gasteiger partial charge < -0.3 is 0 Å². The highest BCUT2D eigenvalue weighted by Crippen LogP contribution is 2.05. The fourth-order valence-corrected chi connectivity index (χ4v) is 0.908. The van der Waals surface area contributed by atoms with Crippen LogP contribution in [-0.4, -0.2) is 11.9 Å². The molecule has 2 nitrogen and oxygen atoms in total. The quantitative estimate of drug-likeness (QED) is 0.278. The summed E-state index contributed by atoms with van der Waals surface area (Å²) in [6.07, 6.45) is 1.94. The van der Waals surface area contributed by atoms with Crippen LogP contribution in [0.15, 0.2) is 12.2 Å². The van der Waals surface area contributed by atoms with E-state index in [0.717, 1.165) is 18.4 Å². The Morgan fingerprint density at radius 3 is 2.70 bits per heavy atom. The molecular weight excluding hydrogens is 148 g/mol. The molecule has 60 valence electrons. The van der Waals surface area contributed by atoms with Gasteiger partial charge >= 0.3 is 0 Å². The molecule has 1 unspecified atom stereocenters. The van der Waals surface area contributed by atoms with Crippen molar-refractivity contribution in [2.45, 2.75) is 25.8 Å². The van der Waals surface area contributed by atoms with Gasteiger partial charge in [0, 0.05) is 11.9 Å². The van der Waals surface area contributed by atoms with Crippen molar-refractivity contribution in [3.63, 3.8) is 0 Å². The van der Waals surface area contributed by atoms with Crippen molar-refractivity contribution in [3.05, 3.63) is 12.2 Å². The summed E-state index contributed by atoms with van der Waals surface area (Å²) >= 11 is 5.51. The first kappa shape index (κ1) is 9.95. The number of halogens is 1. The lowest BCUT2D eigenvalue weighted by molar-refractivity contribution is 0.548. The van der Waals surface area contributed by atoms with E-state index in [2.05, 4.69) is 12.0 Å². The van der Waals surface area contributed by atoms with Crippen LogP contribution in [0.4, 0.5) is 0 Å². The summed E-state index contributed by atoms with van der Waals surface area (Å²) in [5.41, 5.74) is 3.74. The molecule has 0 heterocycles. The number of alkyl halides is 1. The van der Waals surface area contributed by atoms with Crippen LogP contribution in [0.25, 0.3) is 0 Å². The molecule has 0 fully saturated rings. The molecule has 0 rings (SSSR count). The third kappa shape index (κ3) is 3.88. The van der Waals surface area contributed by atoms with Crippen LogP contribution in [0.1, 0.15) is 19.8 Å². The molecule has 10 heavy (non-hydrogen) atoms. The Labute approximate surface area is 67.4 Å². The van der Waals surface area contributed by atoms with E-state index in [0.29, 0.717) is 5.88 Å². The fraction of sp³-hybridized carbons (Fsp3) is 0.714. The molecule has 0 aliphatic heterocycles. The van der Waals surface area contributed by atoms with Gasteiger partial charge in [-0.15, -0.1) is 11.6 Å². The van der Waals surface area contributed by atoms with Crippen molar-refractivity contribution in [2.75, 3.05) is 5.88 Å². The molecule has 1 atom stereocenters. The highest BCUT2D eigenvalue weighted by atomic mass is 35.5. The molecule has 0 aromatic heterocycles. The van der Waals surface area contributed by atoms with Crippen LogP contribution in [-0.2, 0) is 0 Å². The molecule has 0 saturated heterocycles. The maximum absolute atomic E-state index is 5.51. The van der Waals surface area contributed by atoms with E-state index in [1.54, 1.807) is 0 Å². The molecule has 0 saturated carbocycles. The van der Waals surface area contributed by atoms with Gasteiger partial charge in [0.05, 0.1) is 0 Å². The second-order valence-electron chi connectivity index (χ2n) is 2.40. The summed E-state index contributed by atoms with van der Waals surface area (Å²) in [6.45, 7) is 5.75. The minimum absolute atomic E-state index is 0.221. The molecule has 3 heteroatoms. The van der Waals surface area contributed by atoms with Crippen LogP contribution < -0.4 is 11.3 Å². The molecule has 0 bridgehead atoms. The average molecular weight is 163 g/mol. The summed E-state index contributed by atoms with van der Waals surface area (Å²) in [7, 11) is 0. The third-order valence-corrected chi connectivity index (χ3v) is 1.69. The Bertz CT molecular complexity index is 104. The molecule has 0 aromatic carbocycles. The van der Waals surface area contributed by atoms with Gasteiger partial charge in [0.15, 0.2) is 0 Å². The van der Waals surface area contributed by atoms with Crippen LogP contribution in [0.5, 0.6) is 0 Å². The molecule has 0 aromatic rings. The fourth-order valence-electron chi connectivity index (χ4n) is 0.753. The Morgan fingerprint density at radius 2 is 2.40 bits per heavy atom. The lowest BCUT2D eigenvalue weighted by Crippen LogP contribution is -2.35. The van der Waals surface area contributed by atoms with Gasteiger partial charge in [0.25, 0.3) is 0 Å². The number of hydrazine groups is 1. The predicted molar refractivity (Wildman–Crippen MR) is 45.9 cm³/mol. The summed E-state index contributed by atoms with van der Waals surface area (Å²) in [5.74, 6) is 5.95. The number of hydrogen-bond donors (Lipinski definition) is 2. The first-order valence-corrected chi connectivity index (χ1v) is 3.93. The number of nitrogens with two attached hydrogens (primary N) is 1. The van der Waals surface area contributed by atoms with Crippen LogP contribution in [0.3, 0.4) is 0 Å². The van der Waals surface area contributed by atoms with Crippen LogP contribution in [0, 0.1) is 0 Å². The highest BCUT2D eigenvalue weighted by Gasteiger charge is 2.04. The Kier molecular flexibility index (Phi) is 5.69. The second kappa shape index (κ2) is 5.71. The third-order valence-electron chi connectivity index (χ3n) is 1.42. The monoisotopic (exact) mass is 162 g/mol. The molecule has 0 radical (unpaired) electrons. The van der Waals surface area contributed by atoms with Gasteiger partial charge in [-0.25, -0.2) is 0 Å². The van der Waals surface area contributed by atoms with E-state index in [4.69, 9.17) is 17.4 Å². The normalized spacial score (nSPS) is 13.1. The minimum Gasteiger partial charge on any atom is -0.271 e. The maximum atomic E-state index is 5.51. The van der Waals surface area contributed by atoms with Crippen molar-refractivity contribution in [3.8, 4) is 0 Å². The first-order valence-electron chi connectivity index (χ1n) is 3.40. The van der Waals surface area contributed by atoms with E-state index >= 15 is 0 Å². The van der Waals surface area contributed by atoms with Gasteiger partial charge in [-0.3, -0.25) is 11.3 Å². The zero-order valence-corrected chi connectivity index (χ0v) is 7.12. The van der Waals surface area contributed by atoms with Crippen LogP contribution in [0.2, 0.25) is 0 Å². The molecule has 0 aliphatic rings. The summed E-state index contributed by atoms with van der Waals surface area (Å²) in [5, 5.41) is 0. The Hall–Kier alpha value is -0.0500. The zero-order chi connectivity index (χ0) is 7.98. The van der Waals surface area contributed by atoms with Gasteiger partial charge in [-0.05, 0) is 19.8 Å². The standard InChI is InChI=1S/C7H15ClN2/c1-6(2)7(10-9)4-3-5-8/h7,10H,1,3-5,9H2,2H3. The van der Waals surface area contributed by atoms with Gasteiger partial charge in [0.2, 0.25) is 0 Å². The zero-order valence-electron chi connectivity index (χ0n) is 6.36. The largest absolute Gasteiger partial charge is 0.271 e. The van der Waals surface area contributed by atoms with E-state index in [1.807, 2.05) is 6.92 Å². The second-order valence-corrected chi connectivity index (χ2v) is 2.77. The van der Waals surface area contributed by atoms with Gasteiger partial charge in [0.1, 0.15) is 0 Å². The minimum atomic E-state index is 0.221. The van der Waals surface area contributed by atoms with Gasteiger partial charge in [-0.1, -0.05) is 12.2 Å². The van der Waals surface area contributed by atoms with Crippen molar-refractivity contribution >= 4 is 11.6 Å². The molecular formula is C7H15ClN2. The van der Waals surface area contributed by atoms with Crippen LogP contribution >= 0.6 is 11.6 Å². The SMILES string of the molecule is C=C(C)C(CCCCl)NN. The van der Waals surface area contributed by atoms with E-state index in [1.165, 1.54) is 0 Å². The number of hydrogen-bond acceptors (Lipinski definition) is 2. The van der Waals surface area contributed by atoms with E-state index in [-0.39, 0.29) is 6.04 Å². The Balaban J connectivity index is 3.50. The molecule has 0 aliphatic carbocycles. The topological polar surface area (TPSA) is 38.0 Å². The number of rotatable bonds is 5. The molecule has 0 spiro atoms. The predicted octanol–water partition coefficient (Wildman–Crippen LogP) is 1.41. The summed E-state index contributed by atoms with van der Waals surface area (Å²) < 4.78 is 0. The molecule has 3 N–H and O–H groups in total. The average Bonchev–Trinajstić information content (AvgIpc) is 1.89. The van der Waals surface area contributed by atoms with Crippen molar-refractivity contribution in [1.82, 2.24) is 5.43 Å². The van der Waals surface area contributed by atoms with Crippen molar-refractivity contribution in [2.24, 2.45) is 5.84 Å². The first-order chi connectivity index (χ1) is 4.72. The van der Waals surface area contributed by atoms with Gasteiger partial charge in [-0.2, -0.15) is 0 Å². The number of nitrogens with one attached hydrogen (secondary N) is 1.